The number of rotatable bonds is 9. The molecule has 8 aromatic carbocycles. The maximum Gasteiger partial charge on any atom is 0.123 e. The van der Waals surface area contributed by atoms with Gasteiger partial charge in [-0.25, -0.2) is 26.3 Å². The van der Waals surface area contributed by atoms with Gasteiger partial charge in [0, 0.05) is 67.7 Å². The molecule has 0 unspecified atom stereocenters. The van der Waals surface area contributed by atoms with E-state index in [-0.39, 0.29) is 23.3 Å². The van der Waals surface area contributed by atoms with Crippen molar-refractivity contribution >= 4 is 56.9 Å². The molecule has 10 heteroatoms. The second-order valence-corrected chi connectivity index (χ2v) is 19.0. The molecule has 70 heavy (non-hydrogen) atoms. The van der Waals surface area contributed by atoms with Gasteiger partial charge in [0.1, 0.15) is 34.9 Å². The first kappa shape index (κ1) is 44.5. The summed E-state index contributed by atoms with van der Waals surface area (Å²) in [5.74, 6) is -2.28. The lowest BCUT2D eigenvalue weighted by atomic mass is 9.65. The summed E-state index contributed by atoms with van der Waals surface area (Å²) < 4.78 is 87.1. The van der Waals surface area contributed by atoms with Crippen molar-refractivity contribution in [1.29, 1.82) is 0 Å². The second kappa shape index (κ2) is 16.9. The summed E-state index contributed by atoms with van der Waals surface area (Å²) in [5.41, 5.74) is 12.5. The van der Waals surface area contributed by atoms with E-state index in [1.807, 2.05) is 15.9 Å². The van der Waals surface area contributed by atoms with Gasteiger partial charge in [0.25, 0.3) is 0 Å². The predicted molar refractivity (Wildman–Crippen MR) is 269 cm³/mol. The summed E-state index contributed by atoms with van der Waals surface area (Å²) in [6, 6.07) is 48.2. The molecule has 0 radical (unpaired) electrons. The Morgan fingerprint density at radius 1 is 0.357 bits per heavy atom. The smallest absolute Gasteiger partial charge is 0.123 e. The van der Waals surface area contributed by atoms with E-state index >= 15 is 0 Å². The minimum absolute atomic E-state index is 0.370. The molecule has 3 aliphatic rings. The van der Waals surface area contributed by atoms with Gasteiger partial charge in [-0.05, 0) is 217 Å². The monoisotopic (exact) mass is 936 g/mol. The van der Waals surface area contributed by atoms with Crippen LogP contribution in [0.4, 0.5) is 83.2 Å². The lowest BCUT2D eigenvalue weighted by Crippen LogP contribution is -2.42. The highest BCUT2D eigenvalue weighted by atomic mass is 19.1. The molecular weight excluding hydrogens is 891 g/mol. The molecule has 2 aliphatic heterocycles. The van der Waals surface area contributed by atoms with Crippen LogP contribution in [-0.4, -0.2) is 0 Å². The summed E-state index contributed by atoms with van der Waals surface area (Å²) >= 11 is 0. The van der Waals surface area contributed by atoms with Gasteiger partial charge in [0.15, 0.2) is 0 Å². The standard InChI is InChI=1S/C60H46F6N4/c1-59(2)52-33-49(67(43-17-5-37(61)6-18-43)44-19-7-38(62)8-20-44)29-31-56(52)70-57-32-30-50(68(45-21-9-39(63)10-22-45)46-23-11-40(64)12-24-46)34-53(57)60(3,4)55-36-51(35-54(59)58(55)70)69(47-25-13-41(65)14-26-47)48-27-15-42(66)16-28-48/h5-29,31,33-36H,30,32H2,1-4H3. The van der Waals surface area contributed by atoms with Crippen molar-refractivity contribution in [2.45, 2.75) is 51.4 Å². The van der Waals surface area contributed by atoms with Crippen LogP contribution >= 0.6 is 0 Å². The van der Waals surface area contributed by atoms with Gasteiger partial charge < -0.3 is 19.6 Å². The lowest BCUT2D eigenvalue weighted by molar-refractivity contribution is 0.572. The zero-order valence-electron chi connectivity index (χ0n) is 38.8. The molecule has 0 saturated heterocycles. The van der Waals surface area contributed by atoms with Crippen LogP contribution in [0.3, 0.4) is 0 Å². The Morgan fingerprint density at radius 2 is 0.686 bits per heavy atom. The van der Waals surface area contributed by atoms with Gasteiger partial charge in [-0.1, -0.05) is 27.7 Å². The van der Waals surface area contributed by atoms with E-state index in [1.165, 1.54) is 72.8 Å². The summed E-state index contributed by atoms with van der Waals surface area (Å²) in [6.07, 6.45) is 3.42. The minimum Gasteiger partial charge on any atom is -0.314 e. The van der Waals surface area contributed by atoms with Crippen LogP contribution < -0.4 is 19.6 Å². The highest BCUT2D eigenvalue weighted by Crippen LogP contribution is 2.61. The van der Waals surface area contributed by atoms with Crippen LogP contribution in [0, 0.1) is 34.9 Å². The highest BCUT2D eigenvalue weighted by molar-refractivity contribution is 5.92. The third-order valence-electron chi connectivity index (χ3n) is 14.1. The van der Waals surface area contributed by atoms with E-state index in [9.17, 15) is 26.3 Å². The van der Waals surface area contributed by atoms with E-state index in [0.717, 1.165) is 67.8 Å². The van der Waals surface area contributed by atoms with Gasteiger partial charge in [-0.15, -0.1) is 0 Å². The molecule has 0 amide bonds. The molecule has 4 nitrogen and oxygen atoms in total. The number of halogens is 6. The Hall–Kier alpha value is -7.98. The Kier molecular flexibility index (Phi) is 10.8. The molecular formula is C60H46F6N4. The van der Waals surface area contributed by atoms with Gasteiger partial charge in [-0.3, -0.25) is 0 Å². The molecule has 0 spiro atoms. The van der Waals surface area contributed by atoms with Gasteiger partial charge >= 0.3 is 0 Å². The molecule has 11 rings (SSSR count). The van der Waals surface area contributed by atoms with Crippen LogP contribution in [0.5, 0.6) is 0 Å². The Labute approximate surface area is 403 Å². The summed E-state index contributed by atoms with van der Waals surface area (Å²) in [4.78, 5) is 8.43. The molecule has 0 N–H and O–H groups in total. The second-order valence-electron chi connectivity index (χ2n) is 19.0. The summed E-state index contributed by atoms with van der Waals surface area (Å²) in [6.45, 7) is 8.83. The number of anilines is 10. The zero-order chi connectivity index (χ0) is 48.6. The Balaban J connectivity index is 1.17. The summed E-state index contributed by atoms with van der Waals surface area (Å²) in [7, 11) is 0. The maximum atomic E-state index is 14.6. The minimum atomic E-state index is -0.678. The molecule has 1 aliphatic carbocycles. The van der Waals surface area contributed by atoms with Crippen molar-refractivity contribution in [1.82, 2.24) is 0 Å². The van der Waals surface area contributed by atoms with Crippen molar-refractivity contribution in [2.75, 3.05) is 19.6 Å². The van der Waals surface area contributed by atoms with Crippen LogP contribution in [0.2, 0.25) is 0 Å². The number of benzene rings is 8. The van der Waals surface area contributed by atoms with Crippen LogP contribution in [0.15, 0.2) is 199 Å². The lowest BCUT2D eigenvalue weighted by Gasteiger charge is -2.52. The Bertz CT molecular complexity index is 3230. The fourth-order valence-corrected chi connectivity index (χ4v) is 10.6. The number of fused-ring (bicyclic) bond motifs is 3. The van der Waals surface area contributed by atoms with E-state index < -0.39 is 22.5 Å². The van der Waals surface area contributed by atoms with E-state index in [0.29, 0.717) is 35.6 Å². The first-order valence-corrected chi connectivity index (χ1v) is 23.2. The molecule has 2 heterocycles. The fourth-order valence-electron chi connectivity index (χ4n) is 10.6. The molecule has 8 aromatic rings. The first-order valence-electron chi connectivity index (χ1n) is 23.2. The van der Waals surface area contributed by atoms with E-state index in [4.69, 9.17) is 0 Å². The van der Waals surface area contributed by atoms with Gasteiger partial charge in [-0.2, -0.15) is 0 Å². The number of hydrogen-bond donors (Lipinski definition) is 0. The van der Waals surface area contributed by atoms with Gasteiger partial charge in [0.05, 0.1) is 11.4 Å². The molecule has 0 atom stereocenters. The fraction of sp³-hybridized carbons (Fsp3) is 0.133. The van der Waals surface area contributed by atoms with Crippen LogP contribution in [-0.2, 0) is 10.8 Å². The average Bonchev–Trinajstić information content (AvgIpc) is 3.35. The molecule has 0 aromatic heterocycles. The number of allylic oxidation sites excluding steroid dienone is 4. The summed E-state index contributed by atoms with van der Waals surface area (Å²) in [5, 5.41) is 0. The quantitative estimate of drug-likeness (QED) is 0.134. The van der Waals surface area contributed by atoms with E-state index in [1.54, 1.807) is 72.8 Å². The van der Waals surface area contributed by atoms with Crippen LogP contribution in [0.1, 0.15) is 57.2 Å². The molecule has 0 fully saturated rings. The van der Waals surface area contributed by atoms with Crippen molar-refractivity contribution in [3.05, 3.63) is 251 Å². The third-order valence-corrected chi connectivity index (χ3v) is 14.1. The number of nitrogens with zero attached hydrogens (tertiary/aromatic N) is 4. The topological polar surface area (TPSA) is 13.0 Å². The van der Waals surface area contributed by atoms with Crippen molar-refractivity contribution < 1.29 is 26.3 Å². The predicted octanol–water partition coefficient (Wildman–Crippen LogP) is 17.3. The largest absolute Gasteiger partial charge is 0.314 e. The Morgan fingerprint density at radius 3 is 1.09 bits per heavy atom. The molecule has 348 valence electrons. The zero-order valence-corrected chi connectivity index (χ0v) is 38.8. The third kappa shape index (κ3) is 7.59. The first-order chi connectivity index (χ1) is 33.6. The average molecular weight is 937 g/mol. The number of hydrogen-bond acceptors (Lipinski definition) is 4. The van der Waals surface area contributed by atoms with Crippen LogP contribution in [0.25, 0.3) is 0 Å². The van der Waals surface area contributed by atoms with Crippen molar-refractivity contribution in [3.8, 4) is 0 Å². The SMILES string of the molecule is CC1(C)C2=C(CCC(N(c3ccc(F)cc3)c3ccc(F)cc3)=C2)N2c3ccc(N(c4ccc(F)cc4)c4ccc(F)cc4)cc3C(C)(C)c3cc(N(c4ccc(F)cc4)c4ccc(F)cc4)cc1c32. The maximum absolute atomic E-state index is 14.6. The van der Waals surface area contributed by atoms with Crippen molar-refractivity contribution in [3.63, 3.8) is 0 Å². The van der Waals surface area contributed by atoms with E-state index in [2.05, 4.69) is 67.8 Å². The normalized spacial score (nSPS) is 15.1. The highest BCUT2D eigenvalue weighted by Gasteiger charge is 2.48. The molecule has 0 saturated carbocycles. The van der Waals surface area contributed by atoms with Gasteiger partial charge in [0.2, 0.25) is 0 Å². The van der Waals surface area contributed by atoms with Crippen molar-refractivity contribution in [2.24, 2.45) is 0 Å². The molecule has 0 bridgehead atoms.